The van der Waals surface area contributed by atoms with Crippen LogP contribution >= 0.6 is 0 Å². The van der Waals surface area contributed by atoms with Crippen molar-refractivity contribution < 1.29 is 23.8 Å². The van der Waals surface area contributed by atoms with Gasteiger partial charge in [0.25, 0.3) is 0 Å². The standard InChI is InChI=1S/C16H18O5/c1-19-13(17)11-9-6-10(12(11)14(18)20-2)16-8-4-3-7(5-8)15(9,16)21-16/h7-10H,3-6H2,1-2H3/t7-,8-,9+,10+,15+,16+/m0/s1. The van der Waals surface area contributed by atoms with Gasteiger partial charge in [-0.25, -0.2) is 9.59 Å². The summed E-state index contributed by atoms with van der Waals surface area (Å²) in [7, 11) is 2.74. The molecule has 112 valence electrons. The van der Waals surface area contributed by atoms with E-state index in [1.807, 2.05) is 0 Å². The van der Waals surface area contributed by atoms with Crippen LogP contribution in [0, 0.1) is 23.7 Å². The van der Waals surface area contributed by atoms with Gasteiger partial charge in [-0.05, 0) is 37.5 Å². The Morgan fingerprint density at radius 2 is 1.43 bits per heavy atom. The molecule has 0 radical (unpaired) electrons. The van der Waals surface area contributed by atoms with E-state index >= 15 is 0 Å². The minimum Gasteiger partial charge on any atom is -0.466 e. The summed E-state index contributed by atoms with van der Waals surface area (Å²) >= 11 is 0. The minimum atomic E-state index is -0.385. The zero-order valence-corrected chi connectivity index (χ0v) is 12.2. The SMILES string of the molecule is COC(=O)C1=C(C(=O)OC)[C@H]2C[C@H]1[C@@]13O[C@]21[C@H]1CC[C@H]3C1. The molecule has 1 heterocycles. The normalized spacial score (nSPS) is 51.0. The fourth-order valence-corrected chi connectivity index (χ4v) is 6.43. The first-order chi connectivity index (χ1) is 10.1. The molecule has 4 fully saturated rings. The molecule has 5 rings (SSSR count). The summed E-state index contributed by atoms with van der Waals surface area (Å²) in [6, 6.07) is 0. The van der Waals surface area contributed by atoms with E-state index in [-0.39, 0.29) is 35.0 Å². The lowest BCUT2D eigenvalue weighted by atomic mass is 9.69. The number of ether oxygens (including phenoxy) is 3. The van der Waals surface area contributed by atoms with E-state index in [9.17, 15) is 9.59 Å². The quantitative estimate of drug-likeness (QED) is 0.565. The monoisotopic (exact) mass is 290 g/mol. The average Bonchev–Trinajstić information content (AvgIpc) is 2.89. The first-order valence-electron chi connectivity index (χ1n) is 7.72. The van der Waals surface area contributed by atoms with Crippen LogP contribution in [0.2, 0.25) is 0 Å². The van der Waals surface area contributed by atoms with Crippen molar-refractivity contribution in [2.24, 2.45) is 23.7 Å². The number of carbonyl (C=O) groups excluding carboxylic acids is 2. The van der Waals surface area contributed by atoms with Crippen LogP contribution in [0.5, 0.6) is 0 Å². The highest BCUT2D eigenvalue weighted by Gasteiger charge is 2.92. The molecule has 5 heteroatoms. The van der Waals surface area contributed by atoms with Gasteiger partial charge < -0.3 is 14.2 Å². The van der Waals surface area contributed by atoms with Crippen molar-refractivity contribution in [2.75, 3.05) is 14.2 Å². The molecule has 0 aromatic rings. The van der Waals surface area contributed by atoms with Gasteiger partial charge in [-0.2, -0.15) is 0 Å². The summed E-state index contributed by atoms with van der Waals surface area (Å²) in [5, 5.41) is 0. The lowest BCUT2D eigenvalue weighted by Crippen LogP contribution is -2.42. The van der Waals surface area contributed by atoms with Crippen LogP contribution in [-0.4, -0.2) is 37.4 Å². The largest absolute Gasteiger partial charge is 0.466 e. The fraction of sp³-hybridized carbons (Fsp3) is 0.750. The molecule has 1 saturated heterocycles. The van der Waals surface area contributed by atoms with Gasteiger partial charge in [0.1, 0.15) is 11.2 Å². The van der Waals surface area contributed by atoms with E-state index in [0.29, 0.717) is 23.0 Å². The molecule has 5 aliphatic rings. The number of hydrogen-bond acceptors (Lipinski definition) is 5. The number of carbonyl (C=O) groups is 2. The van der Waals surface area contributed by atoms with E-state index in [4.69, 9.17) is 14.2 Å². The summed E-state index contributed by atoms with van der Waals surface area (Å²) in [6.45, 7) is 0. The molecule has 0 aromatic heterocycles. The van der Waals surface area contributed by atoms with Crippen LogP contribution in [-0.2, 0) is 23.8 Å². The lowest BCUT2D eigenvalue weighted by molar-refractivity contribution is -0.140. The molecule has 5 nitrogen and oxygen atoms in total. The molecule has 0 unspecified atom stereocenters. The Hall–Kier alpha value is -1.36. The maximum Gasteiger partial charge on any atom is 0.334 e. The van der Waals surface area contributed by atoms with Crippen molar-refractivity contribution in [3.8, 4) is 0 Å². The summed E-state index contributed by atoms with van der Waals surface area (Å²) in [5.41, 5.74) is 0.744. The van der Waals surface area contributed by atoms with Gasteiger partial charge in [0.15, 0.2) is 0 Å². The third-order valence-corrected chi connectivity index (χ3v) is 6.86. The summed E-state index contributed by atoms with van der Waals surface area (Å²) < 4.78 is 16.2. The molecule has 0 amide bonds. The van der Waals surface area contributed by atoms with Crippen LogP contribution in [0.3, 0.4) is 0 Å². The smallest absolute Gasteiger partial charge is 0.334 e. The van der Waals surface area contributed by atoms with Crippen LogP contribution in [0.15, 0.2) is 11.1 Å². The molecule has 4 aliphatic carbocycles. The molecule has 21 heavy (non-hydrogen) atoms. The van der Waals surface area contributed by atoms with Crippen molar-refractivity contribution in [2.45, 2.75) is 36.9 Å². The van der Waals surface area contributed by atoms with Gasteiger partial charge in [-0.1, -0.05) is 0 Å². The fourth-order valence-electron chi connectivity index (χ4n) is 6.43. The van der Waals surface area contributed by atoms with E-state index < -0.39 is 0 Å². The molecular weight excluding hydrogens is 272 g/mol. The Kier molecular flexibility index (Phi) is 1.95. The Bertz CT molecular complexity index is 572. The van der Waals surface area contributed by atoms with Gasteiger partial charge in [-0.3, -0.25) is 0 Å². The van der Waals surface area contributed by atoms with E-state index in [0.717, 1.165) is 6.42 Å². The number of esters is 2. The second-order valence-electron chi connectivity index (χ2n) is 7.05. The zero-order chi connectivity index (χ0) is 14.6. The van der Waals surface area contributed by atoms with Gasteiger partial charge in [0, 0.05) is 11.8 Å². The number of rotatable bonds is 2. The molecule has 4 bridgehead atoms. The third kappa shape index (κ3) is 0.978. The highest BCUT2D eigenvalue weighted by Crippen LogP contribution is 2.84. The topological polar surface area (TPSA) is 65.1 Å². The minimum absolute atomic E-state index is 0.0272. The van der Waals surface area contributed by atoms with E-state index in [2.05, 4.69) is 0 Å². The molecule has 0 aromatic carbocycles. The Balaban J connectivity index is 1.69. The highest BCUT2D eigenvalue weighted by atomic mass is 16.6. The summed E-state index contributed by atoms with van der Waals surface area (Å²) in [4.78, 5) is 24.5. The summed E-state index contributed by atoms with van der Waals surface area (Å²) in [6.07, 6.45) is 4.42. The number of epoxide rings is 1. The Labute approximate surface area is 122 Å². The number of methoxy groups -OCH3 is 2. The third-order valence-electron chi connectivity index (χ3n) is 6.86. The van der Waals surface area contributed by atoms with Crippen LogP contribution in [0.4, 0.5) is 0 Å². The lowest BCUT2D eigenvalue weighted by Gasteiger charge is -2.29. The molecule has 1 aliphatic heterocycles. The molecular formula is C16H18O5. The van der Waals surface area contributed by atoms with Gasteiger partial charge in [0.05, 0.1) is 25.4 Å². The second kappa shape index (κ2) is 3.35. The zero-order valence-electron chi connectivity index (χ0n) is 12.2. The van der Waals surface area contributed by atoms with Gasteiger partial charge in [0.2, 0.25) is 0 Å². The van der Waals surface area contributed by atoms with Crippen LogP contribution in [0.25, 0.3) is 0 Å². The van der Waals surface area contributed by atoms with Gasteiger partial charge >= 0.3 is 11.9 Å². The van der Waals surface area contributed by atoms with E-state index in [1.54, 1.807) is 0 Å². The predicted octanol–water partition coefficient (Wildman–Crippen LogP) is 1.22. The average molecular weight is 290 g/mol. The molecule has 0 N–H and O–H groups in total. The number of hydrogen-bond donors (Lipinski definition) is 0. The maximum atomic E-state index is 12.2. The van der Waals surface area contributed by atoms with Crippen LogP contribution < -0.4 is 0 Å². The Morgan fingerprint density at radius 3 is 1.86 bits per heavy atom. The molecule has 6 atom stereocenters. The van der Waals surface area contributed by atoms with Crippen molar-refractivity contribution in [3.05, 3.63) is 11.1 Å². The Morgan fingerprint density at radius 1 is 0.952 bits per heavy atom. The predicted molar refractivity (Wildman–Crippen MR) is 70.0 cm³/mol. The van der Waals surface area contributed by atoms with E-state index in [1.165, 1.54) is 33.5 Å². The molecule has 0 spiro atoms. The summed E-state index contributed by atoms with van der Waals surface area (Å²) in [5.74, 6) is 0.389. The first kappa shape index (κ1) is 12.2. The number of fused-ring (bicyclic) bond motifs is 4. The molecule has 3 saturated carbocycles. The van der Waals surface area contributed by atoms with Crippen molar-refractivity contribution >= 4 is 11.9 Å². The second-order valence-corrected chi connectivity index (χ2v) is 7.05. The highest BCUT2D eigenvalue weighted by molar-refractivity contribution is 6.03. The first-order valence-corrected chi connectivity index (χ1v) is 7.72. The maximum absolute atomic E-state index is 12.2. The van der Waals surface area contributed by atoms with Crippen molar-refractivity contribution in [3.63, 3.8) is 0 Å². The van der Waals surface area contributed by atoms with Crippen molar-refractivity contribution in [1.82, 2.24) is 0 Å². The van der Waals surface area contributed by atoms with Crippen LogP contribution in [0.1, 0.15) is 25.7 Å². The van der Waals surface area contributed by atoms with Gasteiger partial charge in [-0.15, -0.1) is 0 Å². The van der Waals surface area contributed by atoms with Crippen molar-refractivity contribution in [1.29, 1.82) is 0 Å².